The fourth-order valence-corrected chi connectivity index (χ4v) is 2.58. The fraction of sp³-hybridized carbons (Fsp3) is 0.259. The van der Waals surface area contributed by atoms with Crippen LogP contribution in [0.15, 0.2) is 72.3 Å². The van der Waals surface area contributed by atoms with Crippen molar-refractivity contribution in [3.05, 3.63) is 84.1 Å². The Morgan fingerprint density at radius 3 is 2.00 bits per heavy atom. The zero-order valence-corrected chi connectivity index (χ0v) is 22.8. The van der Waals surface area contributed by atoms with E-state index < -0.39 is 11.7 Å². The van der Waals surface area contributed by atoms with Crippen molar-refractivity contribution >= 4 is 30.3 Å². The van der Waals surface area contributed by atoms with Crippen molar-refractivity contribution in [2.24, 2.45) is 0 Å². The SMILES string of the molecule is C=CC=O.CC.CF.CNc1ccc(Oc2ncc(C)cc2N)cc1.Cc1ccc(S)cc1C(F)(F)F. The number of thiol groups is 1. The Balaban J connectivity index is 0. The number of halogens is 4. The second kappa shape index (κ2) is 19.6. The minimum atomic E-state index is -4.27. The van der Waals surface area contributed by atoms with E-state index in [0.29, 0.717) is 35.7 Å². The summed E-state index contributed by atoms with van der Waals surface area (Å²) in [6.07, 6.45) is -0.712. The molecule has 1 aromatic heterocycles. The standard InChI is InChI=1S/C13H15N3O.C8H7F3S.C3H4O.C2H6.CH3F/c1-9-7-12(14)13(16-8-9)17-11-5-3-10(15-2)4-6-11;1-5-2-3-6(12)4-7(5)8(9,10)11;1-2-3-4;2*1-2/h3-8,15H,14H2,1-2H3;2-4,12H,1H3;2-3H,1H2;1-2H3;1H3. The Morgan fingerprint density at radius 1 is 1.05 bits per heavy atom. The molecule has 204 valence electrons. The van der Waals surface area contributed by atoms with Gasteiger partial charge in [-0.2, -0.15) is 13.2 Å². The van der Waals surface area contributed by atoms with E-state index in [1.807, 2.05) is 58.2 Å². The smallest absolute Gasteiger partial charge is 0.416 e. The third-order valence-corrected chi connectivity index (χ3v) is 4.27. The predicted molar refractivity (Wildman–Crippen MR) is 148 cm³/mol. The Morgan fingerprint density at radius 2 is 1.59 bits per heavy atom. The van der Waals surface area contributed by atoms with Crippen LogP contribution in [-0.2, 0) is 11.0 Å². The van der Waals surface area contributed by atoms with E-state index in [-0.39, 0.29) is 5.56 Å². The molecule has 0 aliphatic heterocycles. The number of rotatable bonds is 4. The topological polar surface area (TPSA) is 77.2 Å². The lowest BCUT2D eigenvalue weighted by Crippen LogP contribution is -2.07. The molecule has 10 heteroatoms. The van der Waals surface area contributed by atoms with E-state index in [2.05, 4.69) is 29.5 Å². The van der Waals surface area contributed by atoms with E-state index in [1.54, 1.807) is 6.20 Å². The number of aromatic nitrogens is 1. The van der Waals surface area contributed by atoms with Gasteiger partial charge in [0.15, 0.2) is 0 Å². The first-order valence-corrected chi connectivity index (χ1v) is 11.4. The number of anilines is 2. The first-order chi connectivity index (χ1) is 17.5. The van der Waals surface area contributed by atoms with Crippen molar-refractivity contribution in [1.29, 1.82) is 0 Å². The summed E-state index contributed by atoms with van der Waals surface area (Å²) < 4.78 is 51.7. The van der Waals surface area contributed by atoms with Crippen molar-refractivity contribution in [1.82, 2.24) is 4.98 Å². The molecule has 0 saturated carbocycles. The number of nitrogens with zero attached hydrogens (tertiary/aromatic N) is 1. The van der Waals surface area contributed by atoms with Crippen molar-refractivity contribution in [2.45, 2.75) is 38.8 Å². The van der Waals surface area contributed by atoms with Crippen molar-refractivity contribution < 1.29 is 27.1 Å². The largest absolute Gasteiger partial charge is 0.437 e. The van der Waals surface area contributed by atoms with Gasteiger partial charge in [0.25, 0.3) is 0 Å². The van der Waals surface area contributed by atoms with Gasteiger partial charge in [-0.15, -0.1) is 12.6 Å². The molecule has 2 aromatic carbocycles. The molecule has 0 amide bonds. The van der Waals surface area contributed by atoms with Crippen molar-refractivity contribution in [3.63, 3.8) is 0 Å². The number of nitrogens with one attached hydrogen (secondary N) is 1. The normalized spacial score (nSPS) is 9.27. The maximum Gasteiger partial charge on any atom is 0.416 e. The molecule has 0 aliphatic rings. The number of hydrogen-bond donors (Lipinski definition) is 3. The quantitative estimate of drug-likeness (QED) is 0.135. The number of carbonyl (C=O) groups is 1. The van der Waals surface area contributed by atoms with Gasteiger partial charge in [0.1, 0.15) is 12.0 Å². The number of allylic oxidation sites excluding steroid dienone is 1. The number of aryl methyl sites for hydroxylation is 2. The Kier molecular flexibility index (Phi) is 18.9. The van der Waals surface area contributed by atoms with Crippen LogP contribution in [0.2, 0.25) is 0 Å². The summed E-state index contributed by atoms with van der Waals surface area (Å²) in [5, 5.41) is 3.04. The highest BCUT2D eigenvalue weighted by molar-refractivity contribution is 7.80. The number of hydrogen-bond acceptors (Lipinski definition) is 6. The Labute approximate surface area is 222 Å². The minimum Gasteiger partial charge on any atom is -0.437 e. The number of carbonyl (C=O) groups excluding carboxylic acids is 1. The van der Waals surface area contributed by atoms with Crippen molar-refractivity contribution in [3.8, 4) is 11.6 Å². The zero-order valence-electron chi connectivity index (χ0n) is 21.9. The maximum atomic E-state index is 12.2. The fourth-order valence-electron chi connectivity index (χ4n) is 2.38. The molecular weight excluding hydrogens is 506 g/mol. The maximum absolute atomic E-state index is 12.2. The van der Waals surface area contributed by atoms with Crippen LogP contribution in [-0.4, -0.2) is 25.5 Å². The van der Waals surface area contributed by atoms with Crippen LogP contribution in [0.1, 0.15) is 30.5 Å². The molecular formula is C27H35F4N3O2S. The number of aldehydes is 1. The Hall–Kier alpha value is -3.53. The molecule has 0 aliphatic carbocycles. The number of pyridine rings is 1. The van der Waals surface area contributed by atoms with Crippen LogP contribution in [0.4, 0.5) is 28.9 Å². The second-order valence-electron chi connectivity index (χ2n) is 6.65. The average Bonchev–Trinajstić information content (AvgIpc) is 2.90. The molecule has 0 saturated heterocycles. The summed E-state index contributed by atoms with van der Waals surface area (Å²) in [6.45, 7) is 10.5. The van der Waals surface area contributed by atoms with Crippen LogP contribution in [0.3, 0.4) is 0 Å². The van der Waals surface area contributed by atoms with E-state index in [9.17, 15) is 17.6 Å². The molecule has 0 fully saturated rings. The summed E-state index contributed by atoms with van der Waals surface area (Å²) in [4.78, 5) is 13.5. The van der Waals surface area contributed by atoms with E-state index in [1.165, 1.54) is 25.1 Å². The molecule has 37 heavy (non-hydrogen) atoms. The Bertz CT molecular complexity index is 1050. The molecule has 0 atom stereocenters. The molecule has 0 unspecified atom stereocenters. The molecule has 1 heterocycles. The van der Waals surface area contributed by atoms with E-state index >= 15 is 0 Å². The molecule has 5 nitrogen and oxygen atoms in total. The summed E-state index contributed by atoms with van der Waals surface area (Å²) in [7, 11) is 2.37. The van der Waals surface area contributed by atoms with Gasteiger partial charge in [0.05, 0.1) is 18.4 Å². The molecule has 0 spiro atoms. The lowest BCUT2D eigenvalue weighted by Gasteiger charge is -2.09. The van der Waals surface area contributed by atoms with Crippen LogP contribution in [0.5, 0.6) is 11.6 Å². The third kappa shape index (κ3) is 14.6. The lowest BCUT2D eigenvalue weighted by molar-refractivity contribution is -0.138. The number of benzene rings is 2. The molecule has 3 aromatic rings. The summed E-state index contributed by atoms with van der Waals surface area (Å²) in [5.41, 5.74) is 8.02. The first-order valence-electron chi connectivity index (χ1n) is 11.0. The summed E-state index contributed by atoms with van der Waals surface area (Å²) in [6, 6.07) is 13.4. The molecule has 0 bridgehead atoms. The average molecular weight is 542 g/mol. The van der Waals surface area contributed by atoms with Crippen LogP contribution < -0.4 is 15.8 Å². The highest BCUT2D eigenvalue weighted by Gasteiger charge is 2.32. The minimum absolute atomic E-state index is 0.223. The number of ether oxygens (including phenoxy) is 1. The lowest BCUT2D eigenvalue weighted by atomic mass is 10.1. The zero-order chi connectivity index (χ0) is 29.0. The number of nitrogen functional groups attached to an aromatic ring is 1. The summed E-state index contributed by atoms with van der Waals surface area (Å²) >= 11 is 3.83. The van der Waals surface area contributed by atoms with Crippen LogP contribution in [0, 0.1) is 13.8 Å². The van der Waals surface area contributed by atoms with Crippen LogP contribution >= 0.6 is 12.6 Å². The second-order valence-corrected chi connectivity index (χ2v) is 7.17. The van der Waals surface area contributed by atoms with Crippen LogP contribution in [0.25, 0.3) is 0 Å². The van der Waals surface area contributed by atoms with Gasteiger partial charge in [-0.05, 0) is 73.5 Å². The van der Waals surface area contributed by atoms with E-state index in [0.717, 1.165) is 17.3 Å². The molecule has 0 radical (unpaired) electrons. The van der Waals surface area contributed by atoms with Gasteiger partial charge in [-0.25, -0.2) is 4.98 Å². The van der Waals surface area contributed by atoms with Gasteiger partial charge in [0, 0.05) is 23.8 Å². The third-order valence-electron chi connectivity index (χ3n) is 4.00. The monoisotopic (exact) mass is 541 g/mol. The number of nitrogens with two attached hydrogens (primary N) is 1. The van der Waals surface area contributed by atoms with Gasteiger partial charge in [-0.1, -0.05) is 26.5 Å². The molecule has 3 rings (SSSR count). The van der Waals surface area contributed by atoms with Gasteiger partial charge < -0.3 is 15.8 Å². The molecule has 3 N–H and O–H groups in total. The van der Waals surface area contributed by atoms with Gasteiger partial charge >= 0.3 is 6.18 Å². The first kappa shape index (κ1) is 35.6. The van der Waals surface area contributed by atoms with E-state index in [4.69, 9.17) is 15.3 Å². The highest BCUT2D eigenvalue weighted by atomic mass is 32.1. The summed E-state index contributed by atoms with van der Waals surface area (Å²) in [5.74, 6) is 1.15. The number of alkyl halides is 4. The predicted octanol–water partition coefficient (Wildman–Crippen LogP) is 8.09. The highest BCUT2D eigenvalue weighted by Crippen LogP contribution is 2.32. The van der Waals surface area contributed by atoms with Gasteiger partial charge in [-0.3, -0.25) is 9.18 Å². The van der Waals surface area contributed by atoms with Crippen molar-refractivity contribution in [2.75, 3.05) is 25.3 Å². The van der Waals surface area contributed by atoms with Gasteiger partial charge in [0.2, 0.25) is 5.88 Å².